The summed E-state index contributed by atoms with van der Waals surface area (Å²) in [6, 6.07) is 10.8. The molecule has 1 amide bonds. The van der Waals surface area contributed by atoms with Crippen molar-refractivity contribution < 1.29 is 4.79 Å². The molecule has 1 N–H and O–H groups in total. The van der Waals surface area contributed by atoms with E-state index in [1.807, 2.05) is 24.6 Å². The van der Waals surface area contributed by atoms with E-state index in [0.29, 0.717) is 18.9 Å². The van der Waals surface area contributed by atoms with Crippen LogP contribution >= 0.6 is 0 Å². The average molecular weight is 341 g/mol. The number of hydrogen-bond acceptors (Lipinski definition) is 2. The Morgan fingerprint density at radius 1 is 1.12 bits per heavy atom. The Kier molecular flexibility index (Phi) is 6.80. The Hall–Kier alpha value is -2.10. The minimum absolute atomic E-state index is 0.0685. The van der Waals surface area contributed by atoms with Crippen LogP contribution in [0.5, 0.6) is 0 Å². The van der Waals surface area contributed by atoms with Gasteiger partial charge in [-0.05, 0) is 49.8 Å². The van der Waals surface area contributed by atoms with E-state index in [0.717, 1.165) is 24.2 Å². The third-order valence-corrected chi connectivity index (χ3v) is 4.92. The standard InChI is InChI=1S/C21H31N3O/c1-6-15(3)18-8-10-19(11-9-18)20(7-2)22-21(25)12-13-24-17(5)14-16(4)23-24/h8-11,14-15,20H,6-7,12-13H2,1-5H3,(H,22,25). The maximum Gasteiger partial charge on any atom is 0.222 e. The molecule has 25 heavy (non-hydrogen) atoms. The Morgan fingerprint density at radius 2 is 1.76 bits per heavy atom. The molecule has 0 radical (unpaired) electrons. The van der Waals surface area contributed by atoms with Crippen molar-refractivity contribution in [3.63, 3.8) is 0 Å². The maximum absolute atomic E-state index is 12.3. The fraction of sp³-hybridized carbons (Fsp3) is 0.524. The van der Waals surface area contributed by atoms with Crippen LogP contribution in [0.3, 0.4) is 0 Å². The molecule has 0 saturated carbocycles. The molecule has 2 unspecified atom stereocenters. The molecule has 0 saturated heterocycles. The molecule has 0 aliphatic rings. The molecular formula is C21H31N3O. The first-order chi connectivity index (χ1) is 11.9. The molecule has 4 heteroatoms. The number of aryl methyl sites for hydroxylation is 3. The van der Waals surface area contributed by atoms with Gasteiger partial charge in [-0.25, -0.2) is 0 Å². The summed E-state index contributed by atoms with van der Waals surface area (Å²) < 4.78 is 1.90. The normalized spacial score (nSPS) is 13.5. The highest BCUT2D eigenvalue weighted by molar-refractivity contribution is 5.76. The molecule has 2 rings (SSSR count). The van der Waals surface area contributed by atoms with Gasteiger partial charge in [-0.2, -0.15) is 5.10 Å². The van der Waals surface area contributed by atoms with E-state index >= 15 is 0 Å². The number of carbonyl (C=O) groups is 1. The first-order valence-electron chi connectivity index (χ1n) is 9.34. The van der Waals surface area contributed by atoms with Crippen LogP contribution in [-0.2, 0) is 11.3 Å². The number of amides is 1. The molecular weight excluding hydrogens is 310 g/mol. The Labute approximate surface area is 151 Å². The summed E-state index contributed by atoms with van der Waals surface area (Å²) in [4.78, 5) is 12.3. The molecule has 1 aromatic heterocycles. The molecule has 136 valence electrons. The van der Waals surface area contributed by atoms with E-state index in [1.165, 1.54) is 11.1 Å². The van der Waals surface area contributed by atoms with Gasteiger partial charge in [0, 0.05) is 18.7 Å². The number of benzene rings is 1. The summed E-state index contributed by atoms with van der Waals surface area (Å²) in [6.07, 6.45) is 2.47. The second kappa shape index (κ2) is 8.84. The van der Waals surface area contributed by atoms with Crippen LogP contribution in [-0.4, -0.2) is 15.7 Å². The van der Waals surface area contributed by atoms with Crippen molar-refractivity contribution in [2.75, 3.05) is 0 Å². The third-order valence-electron chi connectivity index (χ3n) is 4.92. The van der Waals surface area contributed by atoms with Crippen molar-refractivity contribution in [3.05, 3.63) is 52.8 Å². The summed E-state index contributed by atoms with van der Waals surface area (Å²) in [5.74, 6) is 0.648. The van der Waals surface area contributed by atoms with E-state index in [1.54, 1.807) is 0 Å². The summed E-state index contributed by atoms with van der Waals surface area (Å²) in [7, 11) is 0. The predicted molar refractivity (Wildman–Crippen MR) is 103 cm³/mol. The van der Waals surface area contributed by atoms with Crippen LogP contribution in [0, 0.1) is 13.8 Å². The zero-order valence-electron chi connectivity index (χ0n) is 16.2. The van der Waals surface area contributed by atoms with Crippen LogP contribution in [0.2, 0.25) is 0 Å². The zero-order valence-corrected chi connectivity index (χ0v) is 16.2. The largest absolute Gasteiger partial charge is 0.349 e. The van der Waals surface area contributed by atoms with E-state index in [4.69, 9.17) is 0 Å². The van der Waals surface area contributed by atoms with Gasteiger partial charge in [0.1, 0.15) is 0 Å². The van der Waals surface area contributed by atoms with E-state index in [9.17, 15) is 4.79 Å². The fourth-order valence-corrected chi connectivity index (χ4v) is 3.09. The van der Waals surface area contributed by atoms with Crippen LogP contribution in [0.1, 0.15) is 74.5 Å². The van der Waals surface area contributed by atoms with Gasteiger partial charge >= 0.3 is 0 Å². The topological polar surface area (TPSA) is 46.9 Å². The Morgan fingerprint density at radius 3 is 2.28 bits per heavy atom. The monoisotopic (exact) mass is 341 g/mol. The second-order valence-electron chi connectivity index (χ2n) is 6.90. The molecule has 2 atom stereocenters. The second-order valence-corrected chi connectivity index (χ2v) is 6.90. The zero-order chi connectivity index (χ0) is 18.4. The number of aromatic nitrogens is 2. The van der Waals surface area contributed by atoms with Gasteiger partial charge in [0.05, 0.1) is 11.7 Å². The van der Waals surface area contributed by atoms with Crippen molar-refractivity contribution in [1.29, 1.82) is 0 Å². The molecule has 2 aromatic rings. The van der Waals surface area contributed by atoms with Crippen LogP contribution in [0.4, 0.5) is 0 Å². The molecule has 0 bridgehead atoms. The molecule has 1 aromatic carbocycles. The lowest BCUT2D eigenvalue weighted by Gasteiger charge is -2.19. The predicted octanol–water partition coefficient (Wildman–Crippen LogP) is 4.67. The van der Waals surface area contributed by atoms with Crippen molar-refractivity contribution in [3.8, 4) is 0 Å². The number of rotatable bonds is 8. The highest BCUT2D eigenvalue weighted by Crippen LogP contribution is 2.22. The maximum atomic E-state index is 12.3. The fourth-order valence-electron chi connectivity index (χ4n) is 3.09. The summed E-state index contributed by atoms with van der Waals surface area (Å²) in [5.41, 5.74) is 4.62. The van der Waals surface area contributed by atoms with Gasteiger partial charge in [-0.15, -0.1) is 0 Å². The number of carbonyl (C=O) groups excluding carboxylic acids is 1. The van der Waals surface area contributed by atoms with Crippen LogP contribution in [0.25, 0.3) is 0 Å². The lowest BCUT2D eigenvalue weighted by molar-refractivity contribution is -0.122. The summed E-state index contributed by atoms with van der Waals surface area (Å²) >= 11 is 0. The average Bonchev–Trinajstić information content (AvgIpc) is 2.94. The third kappa shape index (κ3) is 5.18. The van der Waals surface area contributed by atoms with Gasteiger partial charge in [0.15, 0.2) is 0 Å². The highest BCUT2D eigenvalue weighted by atomic mass is 16.1. The highest BCUT2D eigenvalue weighted by Gasteiger charge is 2.14. The molecule has 1 heterocycles. The molecule has 0 aliphatic carbocycles. The van der Waals surface area contributed by atoms with Crippen LogP contribution in [0.15, 0.2) is 30.3 Å². The van der Waals surface area contributed by atoms with E-state index < -0.39 is 0 Å². The summed E-state index contributed by atoms with van der Waals surface area (Å²) in [5, 5.41) is 7.57. The smallest absolute Gasteiger partial charge is 0.222 e. The molecule has 0 spiro atoms. The van der Waals surface area contributed by atoms with Gasteiger partial charge in [0.2, 0.25) is 5.91 Å². The number of nitrogens with zero attached hydrogens (tertiary/aromatic N) is 2. The van der Waals surface area contributed by atoms with Gasteiger partial charge in [-0.1, -0.05) is 45.0 Å². The lowest BCUT2D eigenvalue weighted by atomic mass is 9.95. The number of nitrogens with one attached hydrogen (secondary N) is 1. The molecule has 0 fully saturated rings. The lowest BCUT2D eigenvalue weighted by Crippen LogP contribution is -2.29. The summed E-state index contributed by atoms with van der Waals surface area (Å²) in [6.45, 7) is 11.2. The van der Waals surface area contributed by atoms with Gasteiger partial charge < -0.3 is 5.32 Å². The molecule has 4 nitrogen and oxygen atoms in total. The van der Waals surface area contributed by atoms with Gasteiger partial charge in [-0.3, -0.25) is 9.48 Å². The van der Waals surface area contributed by atoms with Crippen LogP contribution < -0.4 is 5.32 Å². The van der Waals surface area contributed by atoms with Crippen molar-refractivity contribution >= 4 is 5.91 Å². The van der Waals surface area contributed by atoms with Crippen molar-refractivity contribution in [2.45, 2.75) is 72.4 Å². The van der Waals surface area contributed by atoms with Crippen molar-refractivity contribution in [2.24, 2.45) is 0 Å². The first-order valence-corrected chi connectivity index (χ1v) is 9.34. The SMILES string of the molecule is CCC(C)c1ccc(C(CC)NC(=O)CCn2nc(C)cc2C)cc1. The minimum Gasteiger partial charge on any atom is -0.349 e. The van der Waals surface area contributed by atoms with E-state index in [2.05, 4.69) is 55.5 Å². The first kappa shape index (κ1) is 19.2. The van der Waals surface area contributed by atoms with Gasteiger partial charge in [0.25, 0.3) is 0 Å². The van der Waals surface area contributed by atoms with E-state index in [-0.39, 0.29) is 11.9 Å². The van der Waals surface area contributed by atoms with Crippen molar-refractivity contribution in [1.82, 2.24) is 15.1 Å². The minimum atomic E-state index is 0.0685. The quantitative estimate of drug-likeness (QED) is 0.758. The molecule has 0 aliphatic heterocycles. The Balaban J connectivity index is 1.94. The number of hydrogen-bond donors (Lipinski definition) is 1. The Bertz CT molecular complexity index is 688.